The SMILES string of the molecule is Cc1ccc(NC(=O)c2cn[nH]c2)c(C(=O)O)c1. The van der Waals surface area contributed by atoms with Crippen molar-refractivity contribution in [1.82, 2.24) is 10.2 Å². The van der Waals surface area contributed by atoms with Gasteiger partial charge in [-0.15, -0.1) is 0 Å². The Morgan fingerprint density at radius 1 is 1.39 bits per heavy atom. The summed E-state index contributed by atoms with van der Waals surface area (Å²) in [6.07, 6.45) is 2.80. The zero-order chi connectivity index (χ0) is 13.1. The molecule has 1 aromatic carbocycles. The van der Waals surface area contributed by atoms with Gasteiger partial charge in [-0.25, -0.2) is 4.79 Å². The number of aromatic nitrogens is 2. The molecule has 0 aliphatic carbocycles. The van der Waals surface area contributed by atoms with Crippen LogP contribution in [0.4, 0.5) is 5.69 Å². The molecular weight excluding hydrogens is 234 g/mol. The van der Waals surface area contributed by atoms with Gasteiger partial charge in [0.25, 0.3) is 5.91 Å². The average molecular weight is 245 g/mol. The van der Waals surface area contributed by atoms with Crippen LogP contribution in [0.3, 0.4) is 0 Å². The number of carbonyl (C=O) groups excluding carboxylic acids is 1. The maximum Gasteiger partial charge on any atom is 0.337 e. The number of benzene rings is 1. The molecule has 0 aliphatic rings. The van der Waals surface area contributed by atoms with Crippen molar-refractivity contribution in [3.63, 3.8) is 0 Å². The lowest BCUT2D eigenvalue weighted by atomic mass is 10.1. The van der Waals surface area contributed by atoms with E-state index in [2.05, 4.69) is 15.5 Å². The van der Waals surface area contributed by atoms with Gasteiger partial charge >= 0.3 is 5.97 Å². The molecule has 1 amide bonds. The second kappa shape index (κ2) is 4.70. The molecule has 0 bridgehead atoms. The largest absolute Gasteiger partial charge is 0.478 e. The molecule has 2 rings (SSSR count). The first-order chi connectivity index (χ1) is 8.58. The second-order valence-corrected chi connectivity index (χ2v) is 3.80. The summed E-state index contributed by atoms with van der Waals surface area (Å²) in [4.78, 5) is 22.8. The molecule has 0 aliphatic heterocycles. The van der Waals surface area contributed by atoms with E-state index in [9.17, 15) is 9.59 Å². The Hall–Kier alpha value is -2.63. The predicted molar refractivity (Wildman–Crippen MR) is 64.7 cm³/mol. The van der Waals surface area contributed by atoms with Crippen molar-refractivity contribution in [3.05, 3.63) is 47.3 Å². The molecule has 0 saturated heterocycles. The average Bonchev–Trinajstić information content (AvgIpc) is 2.84. The Morgan fingerprint density at radius 2 is 2.17 bits per heavy atom. The number of carbonyl (C=O) groups is 2. The molecule has 1 heterocycles. The number of H-pyrrole nitrogens is 1. The lowest BCUT2D eigenvalue weighted by Crippen LogP contribution is -2.14. The van der Waals surface area contributed by atoms with Gasteiger partial charge in [-0.1, -0.05) is 11.6 Å². The monoisotopic (exact) mass is 245 g/mol. The third kappa shape index (κ3) is 2.37. The van der Waals surface area contributed by atoms with Crippen LogP contribution in [0.15, 0.2) is 30.6 Å². The van der Waals surface area contributed by atoms with Gasteiger partial charge in [-0.3, -0.25) is 9.89 Å². The van der Waals surface area contributed by atoms with E-state index in [1.165, 1.54) is 18.5 Å². The van der Waals surface area contributed by atoms with Crippen molar-refractivity contribution in [2.24, 2.45) is 0 Å². The second-order valence-electron chi connectivity index (χ2n) is 3.80. The predicted octanol–water partition coefficient (Wildman–Crippen LogP) is 1.67. The third-order valence-electron chi connectivity index (χ3n) is 2.41. The molecule has 3 N–H and O–H groups in total. The standard InChI is InChI=1S/C12H11N3O3/c1-7-2-3-10(9(4-7)12(17)18)15-11(16)8-5-13-14-6-8/h2-6H,1H3,(H,13,14)(H,15,16)(H,17,18). The lowest BCUT2D eigenvalue weighted by molar-refractivity contribution is 0.0698. The fourth-order valence-corrected chi connectivity index (χ4v) is 1.51. The summed E-state index contributed by atoms with van der Waals surface area (Å²) in [5.41, 5.74) is 1.48. The number of amides is 1. The van der Waals surface area contributed by atoms with E-state index in [-0.39, 0.29) is 11.3 Å². The van der Waals surface area contributed by atoms with Crippen LogP contribution in [0.25, 0.3) is 0 Å². The number of nitrogens with zero attached hydrogens (tertiary/aromatic N) is 1. The Balaban J connectivity index is 2.29. The molecule has 6 heteroatoms. The van der Waals surface area contributed by atoms with Crippen LogP contribution in [-0.4, -0.2) is 27.2 Å². The maximum absolute atomic E-state index is 11.8. The number of aryl methyl sites for hydroxylation is 1. The van der Waals surface area contributed by atoms with Crippen molar-refractivity contribution in [3.8, 4) is 0 Å². The van der Waals surface area contributed by atoms with Crippen molar-refractivity contribution >= 4 is 17.6 Å². The van der Waals surface area contributed by atoms with Crippen LogP contribution in [0.5, 0.6) is 0 Å². The molecule has 0 saturated carbocycles. The molecule has 18 heavy (non-hydrogen) atoms. The molecule has 1 aromatic heterocycles. The highest BCUT2D eigenvalue weighted by Crippen LogP contribution is 2.18. The van der Waals surface area contributed by atoms with Gasteiger partial charge in [0, 0.05) is 6.20 Å². The molecular formula is C12H11N3O3. The van der Waals surface area contributed by atoms with Gasteiger partial charge in [-0.05, 0) is 19.1 Å². The molecule has 0 atom stereocenters. The highest BCUT2D eigenvalue weighted by Gasteiger charge is 2.14. The quantitative estimate of drug-likeness (QED) is 0.766. The van der Waals surface area contributed by atoms with Crippen LogP contribution < -0.4 is 5.32 Å². The number of hydrogen-bond acceptors (Lipinski definition) is 3. The minimum Gasteiger partial charge on any atom is -0.478 e. The first-order valence-corrected chi connectivity index (χ1v) is 5.22. The summed E-state index contributed by atoms with van der Waals surface area (Å²) >= 11 is 0. The van der Waals surface area contributed by atoms with Gasteiger partial charge in [-0.2, -0.15) is 5.10 Å². The summed E-state index contributed by atoms with van der Waals surface area (Å²) in [6, 6.07) is 4.81. The number of hydrogen-bond donors (Lipinski definition) is 3. The Labute approximate surface area is 103 Å². The van der Waals surface area contributed by atoms with Gasteiger partial charge < -0.3 is 10.4 Å². The van der Waals surface area contributed by atoms with Crippen LogP contribution in [0.1, 0.15) is 26.3 Å². The number of nitrogens with one attached hydrogen (secondary N) is 2. The Bertz CT molecular complexity index is 591. The van der Waals surface area contributed by atoms with Crippen LogP contribution in [0.2, 0.25) is 0 Å². The third-order valence-corrected chi connectivity index (χ3v) is 2.41. The first kappa shape index (κ1) is 11.8. The van der Waals surface area contributed by atoms with E-state index in [0.29, 0.717) is 5.56 Å². The molecule has 0 radical (unpaired) electrons. The van der Waals surface area contributed by atoms with E-state index >= 15 is 0 Å². The highest BCUT2D eigenvalue weighted by atomic mass is 16.4. The van der Waals surface area contributed by atoms with E-state index in [1.807, 2.05) is 0 Å². The number of anilines is 1. The summed E-state index contributed by atoms with van der Waals surface area (Å²) in [6.45, 7) is 1.79. The van der Waals surface area contributed by atoms with Crippen molar-refractivity contribution < 1.29 is 14.7 Å². The Morgan fingerprint density at radius 3 is 2.78 bits per heavy atom. The van der Waals surface area contributed by atoms with Crippen molar-refractivity contribution in [2.75, 3.05) is 5.32 Å². The molecule has 6 nitrogen and oxygen atoms in total. The minimum absolute atomic E-state index is 0.0619. The van der Waals surface area contributed by atoms with E-state index in [0.717, 1.165) is 5.56 Å². The number of carboxylic acids is 1. The molecule has 0 unspecified atom stereocenters. The van der Waals surface area contributed by atoms with Crippen LogP contribution >= 0.6 is 0 Å². The van der Waals surface area contributed by atoms with E-state index in [4.69, 9.17) is 5.11 Å². The first-order valence-electron chi connectivity index (χ1n) is 5.22. The molecule has 0 fully saturated rings. The van der Waals surface area contributed by atoms with Crippen LogP contribution in [0, 0.1) is 6.92 Å². The zero-order valence-corrected chi connectivity index (χ0v) is 9.60. The molecule has 92 valence electrons. The van der Waals surface area contributed by atoms with Gasteiger partial charge in [0.15, 0.2) is 0 Å². The normalized spacial score (nSPS) is 10.1. The highest BCUT2D eigenvalue weighted by molar-refractivity contribution is 6.07. The topological polar surface area (TPSA) is 95.1 Å². The number of rotatable bonds is 3. The van der Waals surface area contributed by atoms with E-state index < -0.39 is 11.9 Å². The fraction of sp³-hybridized carbons (Fsp3) is 0.0833. The number of aromatic carboxylic acids is 1. The summed E-state index contributed by atoms with van der Waals surface area (Å²) in [5.74, 6) is -1.49. The van der Waals surface area contributed by atoms with Gasteiger partial charge in [0.2, 0.25) is 0 Å². The fourth-order valence-electron chi connectivity index (χ4n) is 1.51. The van der Waals surface area contributed by atoms with Crippen molar-refractivity contribution in [1.29, 1.82) is 0 Å². The smallest absolute Gasteiger partial charge is 0.337 e. The lowest BCUT2D eigenvalue weighted by Gasteiger charge is -2.08. The van der Waals surface area contributed by atoms with Crippen molar-refractivity contribution in [2.45, 2.75) is 6.92 Å². The zero-order valence-electron chi connectivity index (χ0n) is 9.60. The Kier molecular flexibility index (Phi) is 3.09. The minimum atomic E-state index is -1.08. The maximum atomic E-state index is 11.8. The number of carboxylic acid groups (broad SMARTS) is 1. The number of aromatic amines is 1. The molecule has 2 aromatic rings. The summed E-state index contributed by atoms with van der Waals surface area (Å²) in [7, 11) is 0. The van der Waals surface area contributed by atoms with Gasteiger partial charge in [0.05, 0.1) is 23.0 Å². The van der Waals surface area contributed by atoms with Gasteiger partial charge in [0.1, 0.15) is 0 Å². The summed E-state index contributed by atoms with van der Waals surface area (Å²) in [5, 5.41) is 17.8. The molecule has 0 spiro atoms. The van der Waals surface area contributed by atoms with E-state index in [1.54, 1.807) is 19.1 Å². The van der Waals surface area contributed by atoms with Crippen LogP contribution in [-0.2, 0) is 0 Å². The summed E-state index contributed by atoms with van der Waals surface area (Å²) < 4.78 is 0.